The number of rotatable bonds is 0. The molecule has 56 valence electrons. The van der Waals surface area contributed by atoms with Crippen LogP contribution in [0.4, 0.5) is 0 Å². The van der Waals surface area contributed by atoms with Crippen molar-refractivity contribution >= 4 is 11.9 Å². The van der Waals surface area contributed by atoms with Crippen LogP contribution in [-0.4, -0.2) is 27.4 Å². The van der Waals surface area contributed by atoms with Crippen LogP contribution in [0.2, 0.25) is 0 Å². The van der Waals surface area contributed by atoms with Gasteiger partial charge >= 0.3 is 71.1 Å². The Balaban J connectivity index is -0.0000000160. The summed E-state index contributed by atoms with van der Waals surface area (Å²) in [5, 5.41) is 22.7. The van der Waals surface area contributed by atoms with E-state index in [-0.39, 0.29) is 62.0 Å². The van der Waals surface area contributed by atoms with Gasteiger partial charge in [0, 0.05) is 0 Å². The SMILES string of the molecule is O=C(O)C(=O)O.O=NO.[H-].[H-].[Na+].[Na+]. The third-order valence-corrected chi connectivity index (χ3v) is 0.183. The Labute approximate surface area is 108 Å². The van der Waals surface area contributed by atoms with Crippen molar-refractivity contribution in [2.75, 3.05) is 0 Å². The summed E-state index contributed by atoms with van der Waals surface area (Å²) in [4.78, 5) is 26.3. The maximum Gasteiger partial charge on any atom is 1.00 e. The van der Waals surface area contributed by atoms with Gasteiger partial charge in [0.15, 0.2) is 5.34 Å². The first-order chi connectivity index (χ1) is 4.06. The molecule has 0 bridgehead atoms. The van der Waals surface area contributed by atoms with Gasteiger partial charge in [-0.3, -0.25) is 0 Å². The Morgan fingerprint density at radius 2 is 1.18 bits per heavy atom. The predicted molar refractivity (Wildman–Crippen MR) is 25.1 cm³/mol. The van der Waals surface area contributed by atoms with Gasteiger partial charge in [0.1, 0.15) is 0 Å². The molecule has 0 amide bonds. The van der Waals surface area contributed by atoms with E-state index in [9.17, 15) is 0 Å². The molecule has 0 saturated heterocycles. The van der Waals surface area contributed by atoms with Crippen LogP contribution in [0.1, 0.15) is 2.85 Å². The predicted octanol–water partition coefficient (Wildman–Crippen LogP) is -6.47. The van der Waals surface area contributed by atoms with Crippen LogP contribution in [0.25, 0.3) is 0 Å². The molecule has 7 nitrogen and oxygen atoms in total. The standard InChI is InChI=1S/C2H2O4.HNO2.2Na.2H/c3-1(4)2(5)6;2-1-3;;;;/h(H,3,4)(H,5,6);(H,2,3);;;;/q;;2*+1;2*-1. The molecule has 3 N–H and O–H groups in total. The van der Waals surface area contributed by atoms with E-state index in [2.05, 4.69) is 0 Å². The largest absolute Gasteiger partial charge is 1.00 e. The molecule has 0 aliphatic carbocycles. The molecule has 0 aromatic heterocycles. The maximum absolute atomic E-state index is 9.10. The average molecular weight is 185 g/mol. The van der Waals surface area contributed by atoms with Crippen molar-refractivity contribution in [3.8, 4) is 0 Å². The van der Waals surface area contributed by atoms with Gasteiger partial charge in [-0.2, -0.15) is 0 Å². The van der Waals surface area contributed by atoms with Crippen molar-refractivity contribution in [3.63, 3.8) is 0 Å². The van der Waals surface area contributed by atoms with Crippen LogP contribution in [0.15, 0.2) is 5.34 Å². The maximum atomic E-state index is 9.10. The number of hydrogen-bond acceptors (Lipinski definition) is 4. The number of carboxylic acids is 2. The number of carboxylic acid groups (broad SMARTS) is 2. The van der Waals surface area contributed by atoms with E-state index in [1.165, 1.54) is 5.34 Å². The summed E-state index contributed by atoms with van der Waals surface area (Å²) >= 11 is 0. The van der Waals surface area contributed by atoms with Crippen molar-refractivity contribution in [1.29, 1.82) is 0 Å². The minimum atomic E-state index is -1.82. The summed E-state index contributed by atoms with van der Waals surface area (Å²) in [6.07, 6.45) is 0. The Morgan fingerprint density at radius 1 is 1.09 bits per heavy atom. The molecule has 0 radical (unpaired) electrons. The smallest absolute Gasteiger partial charge is 1.00 e. The van der Waals surface area contributed by atoms with Crippen molar-refractivity contribution in [1.82, 2.24) is 0 Å². The van der Waals surface area contributed by atoms with E-state index in [1.807, 2.05) is 0 Å². The quantitative estimate of drug-likeness (QED) is 0.149. The number of aliphatic carboxylic acids is 2. The minimum Gasteiger partial charge on any atom is -1.00 e. The van der Waals surface area contributed by atoms with Gasteiger partial charge in [0.25, 0.3) is 0 Å². The van der Waals surface area contributed by atoms with Crippen LogP contribution in [-0.2, 0) is 9.59 Å². The van der Waals surface area contributed by atoms with E-state index in [4.69, 9.17) is 29.9 Å². The van der Waals surface area contributed by atoms with E-state index in [0.717, 1.165) is 0 Å². The molecular weight excluding hydrogens is 180 g/mol. The molecule has 11 heavy (non-hydrogen) atoms. The Bertz CT molecular complexity index is 122. The second-order valence-electron chi connectivity index (χ2n) is 0.692. The number of hydrogen-bond donors (Lipinski definition) is 3. The molecule has 0 aliphatic rings. The zero-order chi connectivity index (χ0) is 7.86. The molecule has 0 aromatic carbocycles. The normalized spacial score (nSPS) is 5.09. The molecule has 0 heterocycles. The van der Waals surface area contributed by atoms with Gasteiger partial charge < -0.3 is 18.3 Å². The molecule has 0 rings (SSSR count). The van der Waals surface area contributed by atoms with Crippen molar-refractivity contribution in [2.24, 2.45) is 5.34 Å². The second kappa shape index (κ2) is 16.7. The summed E-state index contributed by atoms with van der Waals surface area (Å²) in [5.41, 5.74) is 0. The van der Waals surface area contributed by atoms with Gasteiger partial charge in [0.2, 0.25) is 0 Å². The first kappa shape index (κ1) is 22.5. The van der Waals surface area contributed by atoms with Crippen molar-refractivity contribution in [2.45, 2.75) is 0 Å². The Kier molecular flexibility index (Phi) is 34.3. The van der Waals surface area contributed by atoms with Gasteiger partial charge in [-0.15, -0.1) is 4.91 Å². The van der Waals surface area contributed by atoms with Gasteiger partial charge in [-0.1, -0.05) is 0 Å². The zero-order valence-corrected chi connectivity index (χ0v) is 10.0. The molecule has 0 aromatic rings. The fraction of sp³-hybridized carbons (Fsp3) is 0. The van der Waals surface area contributed by atoms with E-state index >= 15 is 0 Å². The van der Waals surface area contributed by atoms with E-state index in [1.54, 1.807) is 0 Å². The molecule has 9 heteroatoms. The van der Waals surface area contributed by atoms with E-state index < -0.39 is 11.9 Å². The van der Waals surface area contributed by atoms with Crippen LogP contribution < -0.4 is 59.1 Å². The van der Waals surface area contributed by atoms with Gasteiger partial charge in [-0.25, -0.2) is 9.59 Å². The van der Waals surface area contributed by atoms with Crippen LogP contribution in [0.3, 0.4) is 0 Å². The third-order valence-electron chi connectivity index (χ3n) is 0.183. The topological polar surface area (TPSA) is 124 Å². The van der Waals surface area contributed by atoms with E-state index in [0.29, 0.717) is 0 Å². The monoisotopic (exact) mass is 185 g/mol. The summed E-state index contributed by atoms with van der Waals surface area (Å²) in [5.74, 6) is -3.65. The third kappa shape index (κ3) is 38.2. The first-order valence-electron chi connectivity index (χ1n) is 1.49. The zero-order valence-electron chi connectivity index (χ0n) is 8.01. The summed E-state index contributed by atoms with van der Waals surface area (Å²) in [6.45, 7) is 0. The number of carbonyl (C=O) groups is 2. The molecule has 0 fully saturated rings. The Morgan fingerprint density at radius 3 is 1.18 bits per heavy atom. The van der Waals surface area contributed by atoms with Crippen LogP contribution in [0, 0.1) is 4.91 Å². The summed E-state index contributed by atoms with van der Waals surface area (Å²) in [6, 6.07) is 0. The Hall–Kier alpha value is 0.340. The second-order valence-corrected chi connectivity index (χ2v) is 0.692. The minimum absolute atomic E-state index is 0. The van der Waals surface area contributed by atoms with Crippen molar-refractivity contribution < 1.29 is 87.0 Å². The molecule has 0 aliphatic heterocycles. The fourth-order valence-corrected chi connectivity index (χ4v) is 0. The van der Waals surface area contributed by atoms with Crippen LogP contribution >= 0.6 is 0 Å². The first-order valence-corrected chi connectivity index (χ1v) is 1.49. The van der Waals surface area contributed by atoms with Gasteiger partial charge in [0.05, 0.1) is 0 Å². The van der Waals surface area contributed by atoms with Crippen molar-refractivity contribution in [3.05, 3.63) is 4.91 Å². The van der Waals surface area contributed by atoms with Gasteiger partial charge in [-0.05, 0) is 0 Å². The number of nitrogens with zero attached hydrogens (tertiary/aromatic N) is 1. The fourth-order valence-electron chi connectivity index (χ4n) is 0. The molecule has 0 atom stereocenters. The molecule has 0 saturated carbocycles. The summed E-state index contributed by atoms with van der Waals surface area (Å²) < 4.78 is 0. The molecule has 0 unspecified atom stereocenters. The molecule has 0 spiro atoms. The van der Waals surface area contributed by atoms with Crippen LogP contribution in [0.5, 0.6) is 0 Å². The molecular formula is C2H5NNa2O6. The summed E-state index contributed by atoms with van der Waals surface area (Å²) in [7, 11) is 0. The average Bonchev–Trinajstić information content (AvgIpc) is 1.68.